The van der Waals surface area contributed by atoms with Gasteiger partial charge in [-0.2, -0.15) is 0 Å². The van der Waals surface area contributed by atoms with Gasteiger partial charge < -0.3 is 15.1 Å². The number of hydrogen-bond acceptors (Lipinski definition) is 3. The minimum Gasteiger partial charge on any atom is -0.468 e. The highest BCUT2D eigenvalue weighted by molar-refractivity contribution is 4.98. The maximum absolute atomic E-state index is 5.17. The molecule has 0 aliphatic heterocycles. The van der Waals surface area contributed by atoms with E-state index in [1.807, 2.05) is 12.1 Å². The zero-order chi connectivity index (χ0) is 22.3. The molecular formula is C24H52N2O. The average Bonchev–Trinajstić information content (AvgIpc) is 2.84. The Hall–Kier alpha value is -0.800. The molecule has 0 radical (unpaired) electrons. The Kier molecular flexibility index (Phi) is 18.5. The predicted octanol–water partition coefficient (Wildman–Crippen LogP) is 7.28. The minimum absolute atomic E-state index is 0.160. The summed E-state index contributed by atoms with van der Waals surface area (Å²) in [6, 6.07) is 4.47. The molecule has 0 unspecified atom stereocenters. The van der Waals surface area contributed by atoms with Gasteiger partial charge in [0, 0.05) is 17.1 Å². The summed E-state index contributed by atoms with van der Waals surface area (Å²) in [4.78, 5) is 0. The van der Waals surface area contributed by atoms with E-state index in [4.69, 9.17) is 4.42 Å². The van der Waals surface area contributed by atoms with Crippen LogP contribution in [0.2, 0.25) is 0 Å². The molecule has 0 atom stereocenters. The number of furan rings is 1. The van der Waals surface area contributed by atoms with Crippen LogP contribution in [-0.2, 0) is 6.54 Å². The Labute approximate surface area is 172 Å². The van der Waals surface area contributed by atoms with Gasteiger partial charge in [-0.05, 0) is 65.5 Å². The molecule has 1 aromatic heterocycles. The molecule has 1 rings (SSSR count). The van der Waals surface area contributed by atoms with Gasteiger partial charge in [-0.15, -0.1) is 0 Å². The molecule has 0 aliphatic rings. The first-order chi connectivity index (χ1) is 12.0. The van der Waals surface area contributed by atoms with Crippen LogP contribution in [0.4, 0.5) is 0 Å². The normalized spacial score (nSPS) is 11.3. The van der Waals surface area contributed by atoms with Crippen LogP contribution in [0.15, 0.2) is 22.8 Å². The molecule has 0 aromatic carbocycles. The van der Waals surface area contributed by atoms with Gasteiger partial charge in [0.05, 0.1) is 12.8 Å². The lowest BCUT2D eigenvalue weighted by Gasteiger charge is -2.23. The molecule has 0 amide bonds. The predicted molar refractivity (Wildman–Crippen MR) is 124 cm³/mol. The standard InChI is InChI=1S/C9H15NO.C7H17N.2C4H10/c1-9(2,3)10-7-8-5-4-6-11-8;1-6(2)8-7(3,4)5;2*1-4(2)3/h4-6,10H,7H2,1-3H3;6,8H,1-5H3;2*4H,1-3H3. The maximum Gasteiger partial charge on any atom is 0.117 e. The van der Waals surface area contributed by atoms with Gasteiger partial charge in [0.15, 0.2) is 0 Å². The van der Waals surface area contributed by atoms with Gasteiger partial charge in [-0.3, -0.25) is 0 Å². The van der Waals surface area contributed by atoms with Crippen LogP contribution in [0.5, 0.6) is 0 Å². The number of rotatable bonds is 3. The van der Waals surface area contributed by atoms with E-state index in [-0.39, 0.29) is 11.1 Å². The fraction of sp³-hybridized carbons (Fsp3) is 0.833. The summed E-state index contributed by atoms with van der Waals surface area (Å²) < 4.78 is 5.17. The largest absolute Gasteiger partial charge is 0.468 e. The monoisotopic (exact) mass is 384 g/mol. The third kappa shape index (κ3) is 45.8. The zero-order valence-corrected chi connectivity index (χ0v) is 21.1. The lowest BCUT2D eigenvalue weighted by molar-refractivity contribution is 0.386. The third-order valence-electron chi connectivity index (χ3n) is 2.09. The van der Waals surface area contributed by atoms with E-state index in [0.717, 1.165) is 24.1 Å². The highest BCUT2D eigenvalue weighted by Gasteiger charge is 2.09. The second-order valence-electron chi connectivity index (χ2n) is 10.7. The molecule has 0 spiro atoms. The SMILES string of the molecule is CC(C)(C)NCc1ccco1.CC(C)C.CC(C)C.CC(C)NC(C)(C)C. The molecular weight excluding hydrogens is 332 g/mol. The summed E-state index contributed by atoms with van der Waals surface area (Å²) in [5.74, 6) is 2.65. The summed E-state index contributed by atoms with van der Waals surface area (Å²) in [5.41, 5.74) is 0.432. The lowest BCUT2D eigenvalue weighted by Crippen LogP contribution is -2.40. The second kappa shape index (κ2) is 16.2. The quantitative estimate of drug-likeness (QED) is 0.575. The second-order valence-corrected chi connectivity index (χ2v) is 10.7. The Morgan fingerprint density at radius 3 is 1.37 bits per heavy atom. The van der Waals surface area contributed by atoms with Crippen molar-refractivity contribution < 1.29 is 4.42 Å². The van der Waals surface area contributed by atoms with E-state index in [1.165, 1.54) is 0 Å². The molecule has 0 fully saturated rings. The third-order valence-corrected chi connectivity index (χ3v) is 2.09. The minimum atomic E-state index is 0.160. The molecule has 2 N–H and O–H groups in total. The van der Waals surface area contributed by atoms with Gasteiger partial charge >= 0.3 is 0 Å². The van der Waals surface area contributed by atoms with Crippen LogP contribution >= 0.6 is 0 Å². The summed E-state index contributed by atoms with van der Waals surface area (Å²) in [7, 11) is 0. The summed E-state index contributed by atoms with van der Waals surface area (Å²) in [5, 5.41) is 6.71. The number of nitrogens with one attached hydrogen (secondary N) is 2. The smallest absolute Gasteiger partial charge is 0.117 e. The van der Waals surface area contributed by atoms with Crippen molar-refractivity contribution >= 4 is 0 Å². The van der Waals surface area contributed by atoms with E-state index in [9.17, 15) is 0 Å². The van der Waals surface area contributed by atoms with Crippen LogP contribution in [0.25, 0.3) is 0 Å². The van der Waals surface area contributed by atoms with Gasteiger partial charge in [-0.1, -0.05) is 55.4 Å². The molecule has 0 bridgehead atoms. The van der Waals surface area contributed by atoms with Crippen LogP contribution in [-0.4, -0.2) is 17.1 Å². The first-order valence-electron chi connectivity index (χ1n) is 10.5. The van der Waals surface area contributed by atoms with Gasteiger partial charge in [-0.25, -0.2) is 0 Å². The highest BCUT2D eigenvalue weighted by Crippen LogP contribution is 2.04. The van der Waals surface area contributed by atoms with E-state index >= 15 is 0 Å². The Morgan fingerprint density at radius 2 is 1.19 bits per heavy atom. The molecule has 3 heteroatoms. The lowest BCUT2D eigenvalue weighted by atomic mass is 10.1. The van der Waals surface area contributed by atoms with Gasteiger partial charge in [0.1, 0.15) is 5.76 Å². The van der Waals surface area contributed by atoms with E-state index in [0.29, 0.717) is 6.04 Å². The van der Waals surface area contributed by atoms with Crippen molar-refractivity contribution in [3.63, 3.8) is 0 Å². The topological polar surface area (TPSA) is 37.2 Å². The van der Waals surface area contributed by atoms with Crippen molar-refractivity contribution in [2.75, 3.05) is 0 Å². The van der Waals surface area contributed by atoms with Gasteiger partial charge in [0.2, 0.25) is 0 Å². The van der Waals surface area contributed by atoms with Gasteiger partial charge in [0.25, 0.3) is 0 Å². The maximum atomic E-state index is 5.17. The molecule has 0 saturated heterocycles. The Bertz CT molecular complexity index is 381. The van der Waals surface area contributed by atoms with Crippen molar-refractivity contribution in [1.29, 1.82) is 0 Å². The summed E-state index contributed by atoms with van der Waals surface area (Å²) >= 11 is 0. The van der Waals surface area contributed by atoms with Crippen molar-refractivity contribution in [1.82, 2.24) is 10.6 Å². The Balaban J connectivity index is -0.000000316. The molecule has 164 valence electrons. The first kappa shape index (κ1) is 30.9. The Morgan fingerprint density at radius 1 is 0.778 bits per heavy atom. The molecule has 0 aliphatic carbocycles. The molecule has 1 heterocycles. The van der Waals surface area contributed by atoms with Crippen molar-refractivity contribution in [3.05, 3.63) is 24.2 Å². The van der Waals surface area contributed by atoms with Crippen LogP contribution in [0.3, 0.4) is 0 Å². The van der Waals surface area contributed by atoms with E-state index in [1.54, 1.807) is 6.26 Å². The zero-order valence-electron chi connectivity index (χ0n) is 21.1. The van der Waals surface area contributed by atoms with E-state index in [2.05, 4.69) is 108 Å². The summed E-state index contributed by atoms with van der Waals surface area (Å²) in [6.07, 6.45) is 1.69. The summed E-state index contributed by atoms with van der Waals surface area (Å²) in [6.45, 7) is 31.0. The van der Waals surface area contributed by atoms with Crippen LogP contribution < -0.4 is 10.6 Å². The van der Waals surface area contributed by atoms with E-state index < -0.39 is 0 Å². The average molecular weight is 385 g/mol. The first-order valence-corrected chi connectivity index (χ1v) is 10.5. The van der Waals surface area contributed by atoms with Crippen LogP contribution in [0.1, 0.15) is 103 Å². The van der Waals surface area contributed by atoms with Crippen molar-refractivity contribution in [2.24, 2.45) is 11.8 Å². The van der Waals surface area contributed by atoms with Crippen molar-refractivity contribution in [2.45, 2.75) is 121 Å². The highest BCUT2D eigenvalue weighted by atomic mass is 16.3. The molecule has 1 aromatic rings. The fourth-order valence-corrected chi connectivity index (χ4v) is 1.63. The fourth-order valence-electron chi connectivity index (χ4n) is 1.63. The van der Waals surface area contributed by atoms with Crippen LogP contribution in [0, 0.1) is 11.8 Å². The van der Waals surface area contributed by atoms with Crippen molar-refractivity contribution in [3.8, 4) is 0 Å². The number of hydrogen-bond donors (Lipinski definition) is 2. The molecule has 27 heavy (non-hydrogen) atoms. The molecule has 0 saturated carbocycles. The molecule has 3 nitrogen and oxygen atoms in total.